The Morgan fingerprint density at radius 3 is 3.07 bits per heavy atom. The third kappa shape index (κ3) is 1.72. The molecule has 1 saturated heterocycles. The molecule has 1 atom stereocenters. The molecule has 1 aromatic rings. The SMILES string of the molecule is COc1cnn(C)c1C1(O)CCCOC1. The summed E-state index contributed by atoms with van der Waals surface area (Å²) < 4.78 is 12.1. The van der Waals surface area contributed by atoms with Gasteiger partial charge in [-0.3, -0.25) is 4.68 Å². The maximum atomic E-state index is 10.5. The second kappa shape index (κ2) is 3.83. The van der Waals surface area contributed by atoms with Crippen LogP contribution in [0.15, 0.2) is 6.20 Å². The summed E-state index contributed by atoms with van der Waals surface area (Å²) in [6.45, 7) is 1.02. The molecule has 5 heteroatoms. The molecular formula is C10H16N2O3. The van der Waals surface area contributed by atoms with Crippen molar-refractivity contribution in [2.75, 3.05) is 20.3 Å². The molecule has 0 spiro atoms. The first kappa shape index (κ1) is 10.4. The van der Waals surface area contributed by atoms with Gasteiger partial charge >= 0.3 is 0 Å². The molecule has 1 aliphatic heterocycles. The molecule has 2 rings (SSSR count). The molecule has 84 valence electrons. The minimum Gasteiger partial charge on any atom is -0.493 e. The molecular weight excluding hydrogens is 196 g/mol. The Bertz CT molecular complexity index is 342. The van der Waals surface area contributed by atoms with E-state index < -0.39 is 5.60 Å². The quantitative estimate of drug-likeness (QED) is 0.772. The molecule has 1 unspecified atom stereocenters. The molecule has 1 aromatic heterocycles. The molecule has 0 aliphatic carbocycles. The summed E-state index contributed by atoms with van der Waals surface area (Å²) >= 11 is 0. The molecule has 2 heterocycles. The lowest BCUT2D eigenvalue weighted by Crippen LogP contribution is -2.37. The van der Waals surface area contributed by atoms with Gasteiger partial charge in [-0.05, 0) is 12.8 Å². The fourth-order valence-electron chi connectivity index (χ4n) is 2.06. The fraction of sp³-hybridized carbons (Fsp3) is 0.700. The Morgan fingerprint density at radius 2 is 2.47 bits per heavy atom. The summed E-state index contributed by atoms with van der Waals surface area (Å²) in [5.41, 5.74) is -0.265. The summed E-state index contributed by atoms with van der Waals surface area (Å²) in [5, 5.41) is 14.5. The number of aliphatic hydroxyl groups is 1. The van der Waals surface area contributed by atoms with E-state index in [0.717, 1.165) is 6.42 Å². The lowest BCUT2D eigenvalue weighted by molar-refractivity contribution is -0.0956. The van der Waals surface area contributed by atoms with E-state index in [1.54, 1.807) is 25.0 Å². The molecule has 1 aliphatic rings. The van der Waals surface area contributed by atoms with Crippen LogP contribution in [0.1, 0.15) is 18.5 Å². The summed E-state index contributed by atoms with van der Waals surface area (Å²) in [7, 11) is 3.37. The second-order valence-corrected chi connectivity index (χ2v) is 3.87. The van der Waals surface area contributed by atoms with Crippen LogP contribution in [0.25, 0.3) is 0 Å². The van der Waals surface area contributed by atoms with E-state index in [9.17, 15) is 5.11 Å². The highest BCUT2D eigenvalue weighted by molar-refractivity contribution is 5.31. The minimum atomic E-state index is -0.963. The maximum absolute atomic E-state index is 10.5. The van der Waals surface area contributed by atoms with Gasteiger partial charge in [-0.25, -0.2) is 0 Å². The van der Waals surface area contributed by atoms with Gasteiger partial charge in [0, 0.05) is 13.7 Å². The van der Waals surface area contributed by atoms with Crippen LogP contribution in [-0.2, 0) is 17.4 Å². The number of ether oxygens (including phenoxy) is 2. The first-order valence-electron chi connectivity index (χ1n) is 5.04. The normalized spacial score (nSPS) is 26.6. The van der Waals surface area contributed by atoms with Crippen LogP contribution in [-0.4, -0.2) is 35.2 Å². The summed E-state index contributed by atoms with van der Waals surface area (Å²) in [5.74, 6) is 0.616. The number of hydrogen-bond donors (Lipinski definition) is 1. The molecule has 1 fully saturated rings. The van der Waals surface area contributed by atoms with E-state index in [4.69, 9.17) is 9.47 Å². The van der Waals surface area contributed by atoms with E-state index in [1.165, 1.54) is 0 Å². The van der Waals surface area contributed by atoms with Crippen molar-refractivity contribution in [2.24, 2.45) is 7.05 Å². The van der Waals surface area contributed by atoms with Crippen LogP contribution in [0.3, 0.4) is 0 Å². The largest absolute Gasteiger partial charge is 0.493 e. The zero-order valence-electron chi connectivity index (χ0n) is 9.06. The van der Waals surface area contributed by atoms with Gasteiger partial charge in [0.05, 0.1) is 19.9 Å². The third-order valence-corrected chi connectivity index (χ3v) is 2.79. The minimum absolute atomic E-state index is 0.308. The Kier molecular flexibility index (Phi) is 2.67. The first-order chi connectivity index (χ1) is 7.17. The number of aryl methyl sites for hydroxylation is 1. The molecule has 0 amide bonds. The van der Waals surface area contributed by atoms with Crippen molar-refractivity contribution in [3.8, 4) is 5.75 Å². The van der Waals surface area contributed by atoms with Crippen LogP contribution in [0.4, 0.5) is 0 Å². The average molecular weight is 212 g/mol. The van der Waals surface area contributed by atoms with Crippen molar-refractivity contribution < 1.29 is 14.6 Å². The summed E-state index contributed by atoms with van der Waals surface area (Å²) in [6.07, 6.45) is 3.15. The maximum Gasteiger partial charge on any atom is 0.163 e. The molecule has 5 nitrogen and oxygen atoms in total. The van der Waals surface area contributed by atoms with Crippen molar-refractivity contribution in [3.63, 3.8) is 0 Å². The van der Waals surface area contributed by atoms with E-state index in [2.05, 4.69) is 5.10 Å². The lowest BCUT2D eigenvalue weighted by Gasteiger charge is -2.32. The third-order valence-electron chi connectivity index (χ3n) is 2.79. The standard InChI is InChI=1S/C10H16N2O3/c1-12-9(8(14-2)6-11-12)10(13)4-3-5-15-7-10/h6,13H,3-5,7H2,1-2H3. The molecule has 0 bridgehead atoms. The number of methoxy groups -OCH3 is 1. The van der Waals surface area contributed by atoms with E-state index >= 15 is 0 Å². The van der Waals surface area contributed by atoms with Crippen LogP contribution in [0.2, 0.25) is 0 Å². The van der Waals surface area contributed by atoms with Gasteiger partial charge in [0.15, 0.2) is 5.75 Å². The van der Waals surface area contributed by atoms with Gasteiger partial charge in [-0.1, -0.05) is 0 Å². The van der Waals surface area contributed by atoms with Gasteiger partial charge in [-0.15, -0.1) is 0 Å². The highest BCUT2D eigenvalue weighted by atomic mass is 16.5. The van der Waals surface area contributed by atoms with Gasteiger partial charge in [0.1, 0.15) is 11.3 Å². The van der Waals surface area contributed by atoms with Crippen molar-refractivity contribution in [1.29, 1.82) is 0 Å². The Labute approximate surface area is 88.6 Å². The lowest BCUT2D eigenvalue weighted by atomic mass is 9.92. The molecule has 15 heavy (non-hydrogen) atoms. The van der Waals surface area contributed by atoms with E-state index in [0.29, 0.717) is 31.1 Å². The van der Waals surface area contributed by atoms with Crippen LogP contribution in [0.5, 0.6) is 5.75 Å². The number of rotatable bonds is 2. The average Bonchev–Trinajstić information content (AvgIpc) is 2.61. The van der Waals surface area contributed by atoms with Crippen molar-refractivity contribution in [1.82, 2.24) is 9.78 Å². The van der Waals surface area contributed by atoms with Crippen LogP contribution in [0, 0.1) is 0 Å². The number of hydrogen-bond acceptors (Lipinski definition) is 4. The molecule has 0 aromatic carbocycles. The number of nitrogens with zero attached hydrogens (tertiary/aromatic N) is 2. The van der Waals surface area contributed by atoms with Crippen molar-refractivity contribution >= 4 is 0 Å². The fourth-order valence-corrected chi connectivity index (χ4v) is 2.06. The first-order valence-corrected chi connectivity index (χ1v) is 5.04. The summed E-state index contributed by atoms with van der Waals surface area (Å²) in [6, 6.07) is 0. The second-order valence-electron chi connectivity index (χ2n) is 3.87. The smallest absolute Gasteiger partial charge is 0.163 e. The van der Waals surface area contributed by atoms with Gasteiger partial charge < -0.3 is 14.6 Å². The number of aromatic nitrogens is 2. The van der Waals surface area contributed by atoms with Gasteiger partial charge in [-0.2, -0.15) is 5.10 Å². The van der Waals surface area contributed by atoms with Crippen molar-refractivity contribution in [3.05, 3.63) is 11.9 Å². The predicted octanol–water partition coefficient (Wildman–Crippen LogP) is 0.427. The molecule has 0 saturated carbocycles. The summed E-state index contributed by atoms with van der Waals surface area (Å²) in [4.78, 5) is 0. The molecule has 1 N–H and O–H groups in total. The van der Waals surface area contributed by atoms with E-state index in [1.807, 2.05) is 0 Å². The van der Waals surface area contributed by atoms with Crippen molar-refractivity contribution in [2.45, 2.75) is 18.4 Å². The molecule has 0 radical (unpaired) electrons. The predicted molar refractivity (Wildman–Crippen MR) is 53.7 cm³/mol. The highest BCUT2D eigenvalue weighted by Crippen LogP contribution is 2.35. The topological polar surface area (TPSA) is 56.5 Å². The Morgan fingerprint density at radius 1 is 1.67 bits per heavy atom. The van der Waals surface area contributed by atoms with Gasteiger partial charge in [0.25, 0.3) is 0 Å². The zero-order chi connectivity index (χ0) is 10.9. The monoisotopic (exact) mass is 212 g/mol. The van der Waals surface area contributed by atoms with Gasteiger partial charge in [0.2, 0.25) is 0 Å². The zero-order valence-corrected chi connectivity index (χ0v) is 9.06. The highest BCUT2D eigenvalue weighted by Gasteiger charge is 2.37. The van der Waals surface area contributed by atoms with Crippen LogP contribution < -0.4 is 4.74 Å². The Hall–Kier alpha value is -1.07. The Balaban J connectivity index is 2.37. The van der Waals surface area contributed by atoms with Crippen LogP contribution >= 0.6 is 0 Å². The van der Waals surface area contributed by atoms with E-state index in [-0.39, 0.29) is 0 Å².